The molecular formula is C11H17N3O. The number of Topliss-reactive ketones (excluding diaryl/α,β-unsaturated/α-hetero) is 1. The van der Waals surface area contributed by atoms with Crippen LogP contribution in [-0.2, 0) is 0 Å². The van der Waals surface area contributed by atoms with Crippen LogP contribution in [0.3, 0.4) is 0 Å². The second-order valence-electron chi connectivity index (χ2n) is 4.34. The van der Waals surface area contributed by atoms with Gasteiger partial charge in [-0.3, -0.25) is 9.89 Å². The molecule has 0 aromatic carbocycles. The number of rotatable bonds is 2. The Kier molecular flexibility index (Phi) is 2.86. The summed E-state index contributed by atoms with van der Waals surface area (Å²) in [5, 5.41) is 7.00. The highest BCUT2D eigenvalue weighted by Gasteiger charge is 2.20. The summed E-state index contributed by atoms with van der Waals surface area (Å²) in [7, 11) is 2.14. The third-order valence-electron chi connectivity index (χ3n) is 3.12. The van der Waals surface area contributed by atoms with E-state index >= 15 is 0 Å². The third-order valence-corrected chi connectivity index (χ3v) is 3.12. The van der Waals surface area contributed by atoms with Crippen molar-refractivity contribution in [3.05, 3.63) is 17.5 Å². The number of hydrogen-bond acceptors (Lipinski definition) is 3. The minimum absolute atomic E-state index is 0.0328. The molecule has 2 rings (SSSR count). The van der Waals surface area contributed by atoms with E-state index in [1.165, 1.54) is 0 Å². The first-order valence-corrected chi connectivity index (χ1v) is 5.41. The predicted molar refractivity (Wildman–Crippen MR) is 58.1 cm³/mol. The van der Waals surface area contributed by atoms with E-state index < -0.39 is 0 Å². The van der Waals surface area contributed by atoms with Crippen molar-refractivity contribution in [1.29, 1.82) is 0 Å². The molecular weight excluding hydrogens is 190 g/mol. The van der Waals surface area contributed by atoms with Crippen LogP contribution in [0.25, 0.3) is 0 Å². The normalized spacial score (nSPS) is 19.3. The topological polar surface area (TPSA) is 49.0 Å². The second-order valence-corrected chi connectivity index (χ2v) is 4.34. The Morgan fingerprint density at radius 1 is 1.53 bits per heavy atom. The molecule has 0 radical (unpaired) electrons. The van der Waals surface area contributed by atoms with Crippen LogP contribution in [0.1, 0.15) is 41.9 Å². The number of likely N-dealkylation sites (tertiary alicyclic amines) is 1. The van der Waals surface area contributed by atoms with Gasteiger partial charge < -0.3 is 4.90 Å². The highest BCUT2D eigenvalue weighted by Crippen LogP contribution is 2.26. The number of ketones is 1. The Hall–Kier alpha value is -1.16. The number of aromatic nitrogens is 2. The number of carbonyl (C=O) groups is 1. The van der Waals surface area contributed by atoms with Gasteiger partial charge in [0.15, 0.2) is 5.78 Å². The Balaban J connectivity index is 2.06. The fraction of sp³-hybridized carbons (Fsp3) is 0.636. The molecule has 4 nitrogen and oxygen atoms in total. The van der Waals surface area contributed by atoms with Crippen molar-refractivity contribution in [3.8, 4) is 0 Å². The average Bonchev–Trinajstić information content (AvgIpc) is 2.68. The number of nitrogens with one attached hydrogen (secondary N) is 1. The Morgan fingerprint density at radius 3 is 2.73 bits per heavy atom. The molecule has 1 fully saturated rings. The van der Waals surface area contributed by atoms with Crippen LogP contribution in [0, 0.1) is 0 Å². The molecule has 0 saturated carbocycles. The summed E-state index contributed by atoms with van der Waals surface area (Å²) in [6, 6.07) is 1.90. The maximum absolute atomic E-state index is 11.1. The maximum Gasteiger partial charge on any atom is 0.179 e. The summed E-state index contributed by atoms with van der Waals surface area (Å²) in [6.07, 6.45) is 2.30. The molecule has 1 N–H and O–H groups in total. The molecule has 4 heteroatoms. The van der Waals surface area contributed by atoms with Crippen molar-refractivity contribution >= 4 is 5.78 Å². The molecule has 1 aliphatic rings. The van der Waals surface area contributed by atoms with Gasteiger partial charge in [0.05, 0.1) is 0 Å². The van der Waals surface area contributed by atoms with Gasteiger partial charge in [-0.2, -0.15) is 5.10 Å². The smallest absolute Gasteiger partial charge is 0.179 e. The van der Waals surface area contributed by atoms with Gasteiger partial charge in [0.25, 0.3) is 0 Å². The average molecular weight is 207 g/mol. The summed E-state index contributed by atoms with van der Waals surface area (Å²) >= 11 is 0. The molecule has 15 heavy (non-hydrogen) atoms. The summed E-state index contributed by atoms with van der Waals surface area (Å²) in [4.78, 5) is 13.4. The standard InChI is InChI=1S/C11H17N3O/c1-8(15)10-7-11(13-12-10)9-3-5-14(2)6-4-9/h7,9H,3-6H2,1-2H3,(H,12,13). The minimum Gasteiger partial charge on any atom is -0.306 e. The SMILES string of the molecule is CC(=O)c1cc(C2CCN(C)CC2)[nH]n1. The predicted octanol–water partition coefficient (Wildman–Crippen LogP) is 1.42. The van der Waals surface area contributed by atoms with E-state index in [0.29, 0.717) is 11.6 Å². The van der Waals surface area contributed by atoms with E-state index in [0.717, 1.165) is 31.6 Å². The zero-order valence-corrected chi connectivity index (χ0v) is 9.29. The molecule has 2 heterocycles. The van der Waals surface area contributed by atoms with Gasteiger partial charge in [-0.15, -0.1) is 0 Å². The van der Waals surface area contributed by atoms with Gasteiger partial charge in [-0.25, -0.2) is 0 Å². The zero-order valence-electron chi connectivity index (χ0n) is 9.29. The van der Waals surface area contributed by atoms with Crippen LogP contribution in [0.15, 0.2) is 6.07 Å². The number of carbonyl (C=O) groups excluding carboxylic acids is 1. The first-order chi connectivity index (χ1) is 7.16. The fourth-order valence-electron chi connectivity index (χ4n) is 2.05. The number of aromatic amines is 1. The Morgan fingerprint density at radius 2 is 2.20 bits per heavy atom. The summed E-state index contributed by atoms with van der Waals surface area (Å²) in [5.41, 5.74) is 1.68. The lowest BCUT2D eigenvalue weighted by molar-refractivity contribution is 0.101. The van der Waals surface area contributed by atoms with E-state index in [4.69, 9.17) is 0 Å². The van der Waals surface area contributed by atoms with E-state index in [9.17, 15) is 4.79 Å². The van der Waals surface area contributed by atoms with Crippen molar-refractivity contribution < 1.29 is 4.79 Å². The van der Waals surface area contributed by atoms with Crippen molar-refractivity contribution in [2.75, 3.05) is 20.1 Å². The molecule has 1 aliphatic heterocycles. The minimum atomic E-state index is 0.0328. The Labute approximate surface area is 89.7 Å². The van der Waals surface area contributed by atoms with Crippen LogP contribution < -0.4 is 0 Å². The number of piperidine rings is 1. The van der Waals surface area contributed by atoms with Crippen LogP contribution in [0.4, 0.5) is 0 Å². The number of hydrogen-bond donors (Lipinski definition) is 1. The zero-order chi connectivity index (χ0) is 10.8. The monoisotopic (exact) mass is 207 g/mol. The lowest BCUT2D eigenvalue weighted by atomic mass is 9.94. The largest absolute Gasteiger partial charge is 0.306 e. The molecule has 0 unspecified atom stereocenters. The highest BCUT2D eigenvalue weighted by molar-refractivity contribution is 5.92. The summed E-state index contributed by atoms with van der Waals surface area (Å²) in [5.74, 6) is 0.576. The van der Waals surface area contributed by atoms with Gasteiger partial charge in [0.1, 0.15) is 5.69 Å². The lowest BCUT2D eigenvalue weighted by Crippen LogP contribution is -2.29. The molecule has 1 aromatic heterocycles. The van der Waals surface area contributed by atoms with E-state index in [-0.39, 0.29) is 5.78 Å². The summed E-state index contributed by atoms with van der Waals surface area (Å²) < 4.78 is 0. The fourth-order valence-corrected chi connectivity index (χ4v) is 2.05. The van der Waals surface area contributed by atoms with E-state index in [1.807, 2.05) is 6.07 Å². The van der Waals surface area contributed by atoms with Crippen molar-refractivity contribution in [1.82, 2.24) is 15.1 Å². The van der Waals surface area contributed by atoms with Gasteiger partial charge in [-0.1, -0.05) is 0 Å². The first kappa shape index (κ1) is 10.4. The quantitative estimate of drug-likeness (QED) is 0.746. The van der Waals surface area contributed by atoms with Gasteiger partial charge in [0.2, 0.25) is 0 Å². The van der Waals surface area contributed by atoms with Crippen LogP contribution >= 0.6 is 0 Å². The molecule has 0 amide bonds. The maximum atomic E-state index is 11.1. The molecule has 1 saturated heterocycles. The summed E-state index contributed by atoms with van der Waals surface area (Å²) in [6.45, 7) is 3.80. The molecule has 82 valence electrons. The van der Waals surface area contributed by atoms with Gasteiger partial charge in [-0.05, 0) is 39.0 Å². The molecule has 0 bridgehead atoms. The van der Waals surface area contributed by atoms with Crippen LogP contribution in [-0.4, -0.2) is 41.0 Å². The van der Waals surface area contributed by atoms with E-state index in [1.54, 1.807) is 6.92 Å². The van der Waals surface area contributed by atoms with Crippen LogP contribution in [0.2, 0.25) is 0 Å². The van der Waals surface area contributed by atoms with Crippen LogP contribution in [0.5, 0.6) is 0 Å². The third kappa shape index (κ3) is 2.26. The molecule has 0 atom stereocenters. The van der Waals surface area contributed by atoms with Gasteiger partial charge >= 0.3 is 0 Å². The molecule has 1 aromatic rings. The highest BCUT2D eigenvalue weighted by atomic mass is 16.1. The first-order valence-electron chi connectivity index (χ1n) is 5.41. The van der Waals surface area contributed by atoms with Gasteiger partial charge in [0, 0.05) is 18.5 Å². The van der Waals surface area contributed by atoms with Crippen molar-refractivity contribution in [3.63, 3.8) is 0 Å². The molecule has 0 spiro atoms. The number of H-pyrrole nitrogens is 1. The number of nitrogens with zero attached hydrogens (tertiary/aromatic N) is 2. The second kappa shape index (κ2) is 4.14. The molecule has 0 aliphatic carbocycles. The lowest BCUT2D eigenvalue weighted by Gasteiger charge is -2.27. The Bertz CT molecular complexity index is 350. The van der Waals surface area contributed by atoms with Crippen molar-refractivity contribution in [2.45, 2.75) is 25.7 Å². The van der Waals surface area contributed by atoms with E-state index in [2.05, 4.69) is 22.1 Å². The van der Waals surface area contributed by atoms with Crippen molar-refractivity contribution in [2.24, 2.45) is 0 Å².